The van der Waals surface area contributed by atoms with Crippen molar-refractivity contribution in [3.05, 3.63) is 74.8 Å². The Hall–Kier alpha value is -2.53. The number of fused-ring (bicyclic) bond motifs is 3. The summed E-state index contributed by atoms with van der Waals surface area (Å²) in [6.45, 7) is 0. The largest absolute Gasteiger partial charge is 0.496 e. The van der Waals surface area contributed by atoms with Crippen LogP contribution < -0.4 is 10.1 Å². The molecular formula is C19H17ClN2O3. The number of nitrogens with one attached hydrogen (secondary N) is 1. The van der Waals surface area contributed by atoms with Gasteiger partial charge in [-0.25, -0.2) is 0 Å². The number of allylic oxidation sites excluding steroid dienone is 2. The van der Waals surface area contributed by atoms with Crippen molar-refractivity contribution in [2.75, 3.05) is 12.4 Å². The van der Waals surface area contributed by atoms with Gasteiger partial charge in [0.1, 0.15) is 5.75 Å². The lowest BCUT2D eigenvalue weighted by Gasteiger charge is -2.38. The number of halogens is 1. The van der Waals surface area contributed by atoms with Crippen LogP contribution in [0.2, 0.25) is 5.02 Å². The minimum absolute atomic E-state index is 0.0281. The van der Waals surface area contributed by atoms with Gasteiger partial charge < -0.3 is 10.1 Å². The Labute approximate surface area is 150 Å². The summed E-state index contributed by atoms with van der Waals surface area (Å²) >= 11 is 6.39. The molecule has 1 aliphatic carbocycles. The molecule has 0 radical (unpaired) electrons. The molecule has 0 fully saturated rings. The van der Waals surface area contributed by atoms with Crippen LogP contribution in [-0.2, 0) is 0 Å². The van der Waals surface area contributed by atoms with Crippen LogP contribution in [0.15, 0.2) is 48.6 Å². The van der Waals surface area contributed by atoms with Crippen LogP contribution in [0, 0.1) is 16.0 Å². The summed E-state index contributed by atoms with van der Waals surface area (Å²) in [5.41, 5.74) is 2.77. The van der Waals surface area contributed by atoms with Crippen molar-refractivity contribution in [3.63, 3.8) is 0 Å². The first-order valence-corrected chi connectivity index (χ1v) is 8.52. The number of methoxy groups -OCH3 is 1. The fourth-order valence-corrected chi connectivity index (χ4v) is 4.25. The average molecular weight is 357 g/mol. The normalized spacial score (nSPS) is 23.5. The van der Waals surface area contributed by atoms with Crippen molar-refractivity contribution < 1.29 is 9.66 Å². The van der Waals surface area contributed by atoms with E-state index in [2.05, 4.69) is 23.5 Å². The quantitative estimate of drug-likeness (QED) is 0.473. The third-order valence-corrected chi connectivity index (χ3v) is 5.39. The van der Waals surface area contributed by atoms with E-state index in [4.69, 9.17) is 16.3 Å². The Kier molecular flexibility index (Phi) is 3.88. The highest BCUT2D eigenvalue weighted by Crippen LogP contribution is 2.53. The second kappa shape index (κ2) is 6.08. The van der Waals surface area contributed by atoms with Crippen LogP contribution >= 0.6 is 11.6 Å². The minimum Gasteiger partial charge on any atom is -0.496 e. The van der Waals surface area contributed by atoms with Gasteiger partial charge in [0.25, 0.3) is 5.69 Å². The maximum atomic E-state index is 11.2. The lowest BCUT2D eigenvalue weighted by Crippen LogP contribution is -2.29. The molecule has 128 valence electrons. The summed E-state index contributed by atoms with van der Waals surface area (Å²) in [5, 5.41) is 15.1. The van der Waals surface area contributed by atoms with Crippen LogP contribution in [0.25, 0.3) is 0 Å². The molecule has 1 N–H and O–H groups in total. The number of benzene rings is 2. The summed E-state index contributed by atoms with van der Waals surface area (Å²) < 4.78 is 5.53. The standard InChI is InChI=1S/C19H17ClN2O3/c1-25-17-8-3-2-5-14(17)18-13-7-4-6-12(13)15-9-11(22(23)24)10-16(20)19(15)21-18/h2-6,8-10,12-13,18,21H,7H2,1H3/t12-,13-,18+/m0/s1. The molecule has 0 saturated carbocycles. The Morgan fingerprint density at radius 1 is 1.28 bits per heavy atom. The first kappa shape index (κ1) is 16.0. The molecule has 4 rings (SSSR count). The van der Waals surface area contributed by atoms with Crippen molar-refractivity contribution in [1.29, 1.82) is 0 Å². The van der Waals surface area contributed by atoms with Gasteiger partial charge in [-0.1, -0.05) is 42.0 Å². The summed E-state index contributed by atoms with van der Waals surface area (Å²) in [5.74, 6) is 1.19. The van der Waals surface area contributed by atoms with Crippen molar-refractivity contribution in [1.82, 2.24) is 0 Å². The van der Waals surface area contributed by atoms with E-state index in [0.717, 1.165) is 29.0 Å². The maximum absolute atomic E-state index is 11.2. The number of anilines is 1. The molecule has 5 nitrogen and oxygen atoms in total. The molecule has 0 aromatic heterocycles. The van der Waals surface area contributed by atoms with Crippen LogP contribution in [-0.4, -0.2) is 12.0 Å². The van der Waals surface area contributed by atoms with E-state index in [1.807, 2.05) is 18.2 Å². The molecule has 2 aromatic carbocycles. The molecule has 2 aliphatic rings. The first-order chi connectivity index (χ1) is 12.1. The average Bonchev–Trinajstić information content (AvgIpc) is 3.11. The highest BCUT2D eigenvalue weighted by atomic mass is 35.5. The van der Waals surface area contributed by atoms with Crippen molar-refractivity contribution in [2.45, 2.75) is 18.4 Å². The second-order valence-corrected chi connectivity index (χ2v) is 6.77. The van der Waals surface area contributed by atoms with E-state index in [-0.39, 0.29) is 23.6 Å². The highest BCUT2D eigenvalue weighted by molar-refractivity contribution is 6.33. The molecule has 3 atom stereocenters. The maximum Gasteiger partial charge on any atom is 0.271 e. The topological polar surface area (TPSA) is 64.4 Å². The van der Waals surface area contributed by atoms with Crippen LogP contribution in [0.4, 0.5) is 11.4 Å². The number of nitro benzene ring substituents is 1. The van der Waals surface area contributed by atoms with Gasteiger partial charge in [-0.15, -0.1) is 0 Å². The molecule has 0 bridgehead atoms. The van der Waals surface area contributed by atoms with E-state index in [1.54, 1.807) is 13.2 Å². The van der Waals surface area contributed by atoms with Gasteiger partial charge in [0.2, 0.25) is 0 Å². The van der Waals surface area contributed by atoms with Crippen LogP contribution in [0.3, 0.4) is 0 Å². The zero-order chi connectivity index (χ0) is 17.6. The predicted octanol–water partition coefficient (Wildman–Crippen LogP) is 5.08. The van der Waals surface area contributed by atoms with Gasteiger partial charge in [0, 0.05) is 23.6 Å². The summed E-state index contributed by atoms with van der Waals surface area (Å²) in [7, 11) is 1.66. The van der Waals surface area contributed by atoms with Crippen LogP contribution in [0.5, 0.6) is 5.75 Å². The Morgan fingerprint density at radius 3 is 2.84 bits per heavy atom. The molecular weight excluding hydrogens is 340 g/mol. The van der Waals surface area contributed by atoms with E-state index in [9.17, 15) is 10.1 Å². The number of nitrogens with zero attached hydrogens (tertiary/aromatic N) is 1. The van der Waals surface area contributed by atoms with Crippen molar-refractivity contribution >= 4 is 23.0 Å². The van der Waals surface area contributed by atoms with E-state index in [1.165, 1.54) is 6.07 Å². The number of ether oxygens (including phenoxy) is 1. The third kappa shape index (κ3) is 2.55. The van der Waals surface area contributed by atoms with Crippen molar-refractivity contribution in [3.8, 4) is 5.75 Å². The number of para-hydroxylation sites is 1. The van der Waals surface area contributed by atoms with Gasteiger partial charge in [0.05, 0.1) is 28.8 Å². The van der Waals surface area contributed by atoms with E-state index < -0.39 is 4.92 Å². The molecule has 0 unspecified atom stereocenters. The Bertz CT molecular complexity index is 881. The molecule has 2 aromatic rings. The van der Waals surface area contributed by atoms with Crippen molar-refractivity contribution in [2.24, 2.45) is 5.92 Å². The molecule has 1 aliphatic heterocycles. The third-order valence-electron chi connectivity index (χ3n) is 5.09. The smallest absolute Gasteiger partial charge is 0.271 e. The summed E-state index contributed by atoms with van der Waals surface area (Å²) in [6, 6.07) is 11.0. The number of nitro groups is 1. The minimum atomic E-state index is -0.397. The van der Waals surface area contributed by atoms with Gasteiger partial charge in [-0.05, 0) is 24.0 Å². The van der Waals surface area contributed by atoms with Gasteiger partial charge >= 0.3 is 0 Å². The van der Waals surface area contributed by atoms with E-state index in [0.29, 0.717) is 5.02 Å². The SMILES string of the molecule is COc1ccccc1[C@@H]1Nc2c(Cl)cc([N+](=O)[O-])cc2[C@H]2C=CC[C@@H]21. The first-order valence-electron chi connectivity index (χ1n) is 8.14. The molecule has 1 heterocycles. The second-order valence-electron chi connectivity index (χ2n) is 6.37. The van der Waals surface area contributed by atoms with Gasteiger partial charge in [-0.2, -0.15) is 0 Å². The number of non-ortho nitro benzene ring substituents is 1. The lowest BCUT2D eigenvalue weighted by molar-refractivity contribution is -0.384. The fourth-order valence-electron chi connectivity index (χ4n) is 3.98. The molecule has 6 heteroatoms. The van der Waals surface area contributed by atoms with Gasteiger partial charge in [-0.3, -0.25) is 10.1 Å². The Morgan fingerprint density at radius 2 is 2.08 bits per heavy atom. The molecule has 25 heavy (non-hydrogen) atoms. The summed E-state index contributed by atoms with van der Waals surface area (Å²) in [4.78, 5) is 10.8. The Balaban J connectivity index is 1.84. The lowest BCUT2D eigenvalue weighted by atomic mass is 9.76. The zero-order valence-corrected chi connectivity index (χ0v) is 14.4. The van der Waals surface area contributed by atoms with Crippen LogP contribution in [0.1, 0.15) is 29.5 Å². The number of hydrogen-bond acceptors (Lipinski definition) is 4. The molecule has 0 spiro atoms. The monoisotopic (exact) mass is 356 g/mol. The van der Waals surface area contributed by atoms with E-state index >= 15 is 0 Å². The zero-order valence-electron chi connectivity index (χ0n) is 13.6. The number of rotatable bonds is 3. The molecule has 0 amide bonds. The number of hydrogen-bond donors (Lipinski definition) is 1. The summed E-state index contributed by atoms with van der Waals surface area (Å²) in [6.07, 6.45) is 5.17. The van der Waals surface area contributed by atoms with Gasteiger partial charge in [0.15, 0.2) is 0 Å². The molecule has 0 saturated heterocycles. The fraction of sp³-hybridized carbons (Fsp3) is 0.263. The highest BCUT2D eigenvalue weighted by Gasteiger charge is 2.40. The predicted molar refractivity (Wildman–Crippen MR) is 97.5 cm³/mol.